The summed E-state index contributed by atoms with van der Waals surface area (Å²) >= 11 is 1.58. The minimum atomic E-state index is -0.135. The van der Waals surface area contributed by atoms with Gasteiger partial charge < -0.3 is 19.4 Å². The van der Waals surface area contributed by atoms with Crippen LogP contribution in [0.3, 0.4) is 0 Å². The molecule has 6 nitrogen and oxygen atoms in total. The molecule has 2 atom stereocenters. The molecule has 0 bridgehead atoms. The van der Waals surface area contributed by atoms with E-state index in [1.165, 1.54) is 0 Å². The van der Waals surface area contributed by atoms with Crippen molar-refractivity contribution in [2.45, 2.75) is 24.9 Å². The molecule has 1 aliphatic heterocycles. The number of benzene rings is 1. The first-order chi connectivity index (χ1) is 12.6. The van der Waals surface area contributed by atoms with E-state index in [1.807, 2.05) is 31.2 Å². The van der Waals surface area contributed by atoms with Gasteiger partial charge >= 0.3 is 0 Å². The van der Waals surface area contributed by atoms with Crippen LogP contribution in [-0.2, 0) is 16.1 Å². The largest absolute Gasteiger partial charge is 0.467 e. The predicted octanol–water partition coefficient (Wildman–Crippen LogP) is 2.82. The second-order valence-corrected chi connectivity index (χ2v) is 7.28. The Bertz CT molecular complexity index is 745. The quantitative estimate of drug-likeness (QED) is 0.807. The molecule has 0 saturated carbocycles. The van der Waals surface area contributed by atoms with E-state index >= 15 is 0 Å². The zero-order valence-electron chi connectivity index (χ0n) is 14.8. The van der Waals surface area contributed by atoms with Crippen LogP contribution in [0, 0.1) is 0 Å². The van der Waals surface area contributed by atoms with Crippen LogP contribution in [0.4, 0.5) is 0 Å². The lowest BCUT2D eigenvalue weighted by Gasteiger charge is -2.23. The number of carbonyl (C=O) groups is 2. The van der Waals surface area contributed by atoms with E-state index < -0.39 is 0 Å². The van der Waals surface area contributed by atoms with E-state index in [9.17, 15) is 9.59 Å². The van der Waals surface area contributed by atoms with Crippen LogP contribution >= 0.6 is 11.8 Å². The van der Waals surface area contributed by atoms with Crippen LogP contribution in [-0.4, -0.2) is 42.2 Å². The van der Waals surface area contributed by atoms with Gasteiger partial charge in [-0.05, 0) is 36.8 Å². The second-order valence-electron chi connectivity index (χ2n) is 6.22. The Hall–Kier alpha value is -2.25. The lowest BCUT2D eigenvalue weighted by atomic mass is 10.1. The third-order valence-corrected chi connectivity index (χ3v) is 5.38. The summed E-state index contributed by atoms with van der Waals surface area (Å²) in [7, 11) is 1.60. The van der Waals surface area contributed by atoms with Gasteiger partial charge in [-0.15, -0.1) is 11.8 Å². The summed E-state index contributed by atoms with van der Waals surface area (Å²) in [6, 6.07) is 11.0. The van der Waals surface area contributed by atoms with Crippen molar-refractivity contribution in [3.05, 3.63) is 59.5 Å². The summed E-state index contributed by atoms with van der Waals surface area (Å²) < 4.78 is 10.4. The smallest absolute Gasteiger partial charge is 0.251 e. The highest BCUT2D eigenvalue weighted by atomic mass is 32.2. The maximum Gasteiger partial charge on any atom is 0.251 e. The normalized spacial score (nSPS) is 18.2. The van der Waals surface area contributed by atoms with E-state index in [0.717, 1.165) is 11.3 Å². The first-order valence-electron chi connectivity index (χ1n) is 8.41. The Morgan fingerprint density at radius 3 is 2.81 bits per heavy atom. The third kappa shape index (κ3) is 4.28. The van der Waals surface area contributed by atoms with E-state index in [0.29, 0.717) is 24.5 Å². The van der Waals surface area contributed by atoms with Crippen LogP contribution in [0.25, 0.3) is 0 Å². The van der Waals surface area contributed by atoms with Crippen LogP contribution in [0.1, 0.15) is 34.0 Å². The van der Waals surface area contributed by atoms with Crippen molar-refractivity contribution in [2.75, 3.05) is 19.5 Å². The Balaban J connectivity index is 1.69. The Kier molecular flexibility index (Phi) is 6.00. The highest BCUT2D eigenvalue weighted by Gasteiger charge is 2.33. The summed E-state index contributed by atoms with van der Waals surface area (Å²) in [4.78, 5) is 26.3. The molecule has 26 heavy (non-hydrogen) atoms. The van der Waals surface area contributed by atoms with Crippen molar-refractivity contribution in [3.8, 4) is 0 Å². The summed E-state index contributed by atoms with van der Waals surface area (Å²) in [5.74, 6) is 1.16. The van der Waals surface area contributed by atoms with Crippen molar-refractivity contribution in [2.24, 2.45) is 0 Å². The Morgan fingerprint density at radius 2 is 2.15 bits per heavy atom. The lowest BCUT2D eigenvalue weighted by Crippen LogP contribution is -2.35. The van der Waals surface area contributed by atoms with Gasteiger partial charge in [-0.3, -0.25) is 9.59 Å². The molecular weight excluding hydrogens is 352 g/mol. The monoisotopic (exact) mass is 374 g/mol. The number of nitrogens with zero attached hydrogens (tertiary/aromatic N) is 1. The number of carbonyl (C=O) groups excluding carboxylic acids is 2. The molecule has 2 heterocycles. The molecule has 1 fully saturated rings. The van der Waals surface area contributed by atoms with E-state index in [1.54, 1.807) is 42.2 Å². The number of thioether (sulfide) groups is 1. The molecule has 2 aromatic rings. The van der Waals surface area contributed by atoms with Crippen LogP contribution in [0.15, 0.2) is 47.1 Å². The number of hydrogen-bond acceptors (Lipinski definition) is 5. The summed E-state index contributed by atoms with van der Waals surface area (Å²) in [5.41, 5.74) is 1.58. The van der Waals surface area contributed by atoms with Gasteiger partial charge in [0.05, 0.1) is 25.2 Å². The van der Waals surface area contributed by atoms with Gasteiger partial charge in [0, 0.05) is 18.7 Å². The van der Waals surface area contributed by atoms with Crippen LogP contribution < -0.4 is 5.32 Å². The zero-order chi connectivity index (χ0) is 18.5. The van der Waals surface area contributed by atoms with E-state index in [-0.39, 0.29) is 23.2 Å². The fourth-order valence-corrected chi connectivity index (χ4v) is 4.06. The molecular formula is C19H22N2O4S. The lowest BCUT2D eigenvalue weighted by molar-refractivity contribution is -0.128. The Labute approximate surface area is 156 Å². The minimum Gasteiger partial charge on any atom is -0.467 e. The van der Waals surface area contributed by atoms with Crippen molar-refractivity contribution >= 4 is 23.6 Å². The maximum absolute atomic E-state index is 12.2. The second kappa shape index (κ2) is 8.42. The summed E-state index contributed by atoms with van der Waals surface area (Å²) in [6.45, 7) is 2.80. The zero-order valence-corrected chi connectivity index (χ0v) is 15.6. The molecule has 3 rings (SSSR count). The van der Waals surface area contributed by atoms with Crippen molar-refractivity contribution in [1.29, 1.82) is 0 Å². The van der Waals surface area contributed by atoms with Gasteiger partial charge in [-0.1, -0.05) is 12.1 Å². The third-order valence-electron chi connectivity index (χ3n) is 4.13. The Morgan fingerprint density at radius 1 is 1.38 bits per heavy atom. The number of furan rings is 1. The number of ether oxygens (including phenoxy) is 1. The highest BCUT2D eigenvalue weighted by Crippen LogP contribution is 2.39. The molecule has 1 aromatic heterocycles. The standard InChI is InChI=1S/C19H22N2O4S/c1-13(11-24-2)20-18(23)14-5-7-15(8-6-14)19-21(17(22)12-26-19)10-16-4-3-9-25-16/h3-9,13,19H,10-12H2,1-2H3,(H,20,23)/t13-,19+/m0/s1. The van der Waals surface area contributed by atoms with E-state index in [2.05, 4.69) is 5.32 Å². The average molecular weight is 374 g/mol. The molecule has 2 amide bonds. The summed E-state index contributed by atoms with van der Waals surface area (Å²) in [6.07, 6.45) is 1.61. The van der Waals surface area contributed by atoms with Crippen molar-refractivity contribution < 1.29 is 18.7 Å². The fraction of sp³-hybridized carbons (Fsp3) is 0.368. The first kappa shape index (κ1) is 18.5. The number of hydrogen-bond donors (Lipinski definition) is 1. The maximum atomic E-state index is 12.2. The van der Waals surface area contributed by atoms with Gasteiger partial charge in [0.1, 0.15) is 11.1 Å². The highest BCUT2D eigenvalue weighted by molar-refractivity contribution is 8.00. The van der Waals surface area contributed by atoms with Crippen LogP contribution in [0.5, 0.6) is 0 Å². The van der Waals surface area contributed by atoms with Crippen molar-refractivity contribution in [3.63, 3.8) is 0 Å². The summed E-state index contributed by atoms with van der Waals surface area (Å²) in [5, 5.41) is 2.81. The fourth-order valence-electron chi connectivity index (χ4n) is 2.87. The number of rotatable bonds is 7. The van der Waals surface area contributed by atoms with Crippen molar-refractivity contribution in [1.82, 2.24) is 10.2 Å². The number of nitrogens with one attached hydrogen (secondary N) is 1. The minimum absolute atomic E-state index is 0.0565. The van der Waals surface area contributed by atoms with Gasteiger partial charge in [-0.25, -0.2) is 0 Å². The van der Waals surface area contributed by atoms with Crippen LogP contribution in [0.2, 0.25) is 0 Å². The molecule has 0 spiro atoms. The molecule has 7 heteroatoms. The first-order valence-corrected chi connectivity index (χ1v) is 9.46. The van der Waals surface area contributed by atoms with E-state index in [4.69, 9.17) is 9.15 Å². The molecule has 0 radical (unpaired) electrons. The topological polar surface area (TPSA) is 71.8 Å². The SMILES string of the molecule is COC[C@H](C)NC(=O)c1ccc([C@H]2SCC(=O)N2Cc2ccco2)cc1. The molecule has 1 aliphatic rings. The van der Waals surface area contributed by atoms with Gasteiger partial charge in [-0.2, -0.15) is 0 Å². The molecule has 1 saturated heterocycles. The molecule has 0 aliphatic carbocycles. The van der Waals surface area contributed by atoms with Gasteiger partial charge in [0.2, 0.25) is 5.91 Å². The molecule has 1 N–H and O–H groups in total. The number of methoxy groups -OCH3 is 1. The van der Waals surface area contributed by atoms with Gasteiger partial charge in [0.25, 0.3) is 5.91 Å². The average Bonchev–Trinajstić information content (AvgIpc) is 3.26. The number of amides is 2. The predicted molar refractivity (Wildman–Crippen MR) is 99.7 cm³/mol. The molecule has 1 aromatic carbocycles. The molecule has 0 unspecified atom stereocenters. The van der Waals surface area contributed by atoms with Gasteiger partial charge in [0.15, 0.2) is 0 Å². The molecule has 138 valence electrons.